The lowest BCUT2D eigenvalue weighted by Gasteiger charge is -2.33. The van der Waals surface area contributed by atoms with Crippen LogP contribution in [0.1, 0.15) is 44.6 Å². The third-order valence-corrected chi connectivity index (χ3v) is 4.50. The maximum Gasteiger partial charge on any atom is 0.271 e. The van der Waals surface area contributed by atoms with Gasteiger partial charge in [0.25, 0.3) is 5.69 Å². The van der Waals surface area contributed by atoms with Gasteiger partial charge in [0.1, 0.15) is 5.75 Å². The van der Waals surface area contributed by atoms with Crippen LogP contribution < -0.4 is 0 Å². The number of hydrogen-bond donors (Lipinski definition) is 1. The van der Waals surface area contributed by atoms with E-state index in [-0.39, 0.29) is 16.5 Å². The summed E-state index contributed by atoms with van der Waals surface area (Å²) >= 11 is 5.90. The number of halogens is 1. The van der Waals surface area contributed by atoms with E-state index in [9.17, 15) is 15.2 Å². The van der Waals surface area contributed by atoms with E-state index in [2.05, 4.69) is 11.8 Å². The molecule has 1 aliphatic carbocycles. The van der Waals surface area contributed by atoms with E-state index in [0.717, 1.165) is 19.4 Å². The summed E-state index contributed by atoms with van der Waals surface area (Å²) in [5.41, 5.74) is 0.453. The molecule has 0 unspecified atom stereocenters. The second-order valence-electron chi connectivity index (χ2n) is 5.55. The van der Waals surface area contributed by atoms with Gasteiger partial charge in [0, 0.05) is 30.3 Å². The summed E-state index contributed by atoms with van der Waals surface area (Å²) in [7, 11) is 0. The van der Waals surface area contributed by atoms with Crippen molar-refractivity contribution in [1.29, 1.82) is 0 Å². The summed E-state index contributed by atoms with van der Waals surface area (Å²) in [6.45, 7) is 3.42. The molecule has 1 fully saturated rings. The number of nitro benzene ring substituents is 1. The minimum atomic E-state index is -0.480. The molecule has 0 spiro atoms. The van der Waals surface area contributed by atoms with E-state index < -0.39 is 4.92 Å². The van der Waals surface area contributed by atoms with Crippen molar-refractivity contribution in [2.24, 2.45) is 0 Å². The zero-order chi connectivity index (χ0) is 15.4. The van der Waals surface area contributed by atoms with E-state index in [1.807, 2.05) is 0 Å². The van der Waals surface area contributed by atoms with Crippen molar-refractivity contribution in [2.45, 2.75) is 51.6 Å². The van der Waals surface area contributed by atoms with Crippen molar-refractivity contribution < 1.29 is 10.0 Å². The first-order valence-corrected chi connectivity index (χ1v) is 7.80. The van der Waals surface area contributed by atoms with E-state index in [1.54, 1.807) is 0 Å². The van der Waals surface area contributed by atoms with Gasteiger partial charge in [0.05, 0.1) is 9.95 Å². The first-order valence-electron chi connectivity index (χ1n) is 7.42. The number of benzene rings is 1. The first kappa shape index (κ1) is 16.0. The van der Waals surface area contributed by atoms with Crippen molar-refractivity contribution in [1.82, 2.24) is 4.90 Å². The van der Waals surface area contributed by atoms with Crippen molar-refractivity contribution in [3.8, 4) is 5.75 Å². The van der Waals surface area contributed by atoms with Crippen LogP contribution >= 0.6 is 11.6 Å². The summed E-state index contributed by atoms with van der Waals surface area (Å²) in [6.07, 6.45) is 6.03. The van der Waals surface area contributed by atoms with Gasteiger partial charge < -0.3 is 5.11 Å². The third kappa shape index (κ3) is 3.86. The molecule has 116 valence electrons. The Bertz CT molecular complexity index is 516. The molecule has 0 radical (unpaired) electrons. The Morgan fingerprint density at radius 1 is 1.38 bits per heavy atom. The smallest absolute Gasteiger partial charge is 0.271 e. The Labute approximate surface area is 129 Å². The summed E-state index contributed by atoms with van der Waals surface area (Å²) in [4.78, 5) is 12.7. The molecule has 6 heteroatoms. The Kier molecular flexibility index (Phi) is 5.42. The highest BCUT2D eigenvalue weighted by molar-refractivity contribution is 6.32. The molecule has 0 aromatic heterocycles. The molecule has 0 aliphatic heterocycles. The Morgan fingerprint density at radius 3 is 2.62 bits per heavy atom. The minimum absolute atomic E-state index is 0.0406. The van der Waals surface area contributed by atoms with E-state index in [4.69, 9.17) is 11.6 Å². The summed E-state index contributed by atoms with van der Waals surface area (Å²) < 4.78 is 0. The molecule has 0 saturated heterocycles. The highest BCUT2D eigenvalue weighted by Gasteiger charge is 2.23. The molecule has 1 saturated carbocycles. The van der Waals surface area contributed by atoms with E-state index in [0.29, 0.717) is 18.2 Å². The summed E-state index contributed by atoms with van der Waals surface area (Å²) in [5, 5.41) is 21.0. The fourth-order valence-corrected chi connectivity index (χ4v) is 3.26. The van der Waals surface area contributed by atoms with Gasteiger partial charge in [-0.05, 0) is 19.4 Å². The normalized spacial score (nSPS) is 16.3. The molecule has 0 bridgehead atoms. The SMILES string of the molecule is CCN(Cc1cc([N+](=O)[O-])cc(Cl)c1O)C1CCCCC1. The monoisotopic (exact) mass is 312 g/mol. The van der Waals surface area contributed by atoms with Gasteiger partial charge in [0.15, 0.2) is 0 Å². The molecule has 0 amide bonds. The standard InChI is InChI=1S/C15H21ClN2O3/c1-2-17(12-6-4-3-5-7-12)10-11-8-13(18(20)21)9-14(16)15(11)19/h8-9,12,19H,2-7,10H2,1H3. The molecule has 2 rings (SSSR count). The molecular weight excluding hydrogens is 292 g/mol. The number of phenolic OH excluding ortho intramolecular Hbond substituents is 1. The molecule has 21 heavy (non-hydrogen) atoms. The maximum atomic E-state index is 10.9. The molecule has 0 atom stereocenters. The Balaban J connectivity index is 2.21. The first-order chi connectivity index (χ1) is 10.0. The van der Waals surface area contributed by atoms with Gasteiger partial charge in [-0.15, -0.1) is 0 Å². The molecular formula is C15H21ClN2O3. The van der Waals surface area contributed by atoms with Gasteiger partial charge in [-0.25, -0.2) is 0 Å². The second-order valence-corrected chi connectivity index (χ2v) is 5.95. The van der Waals surface area contributed by atoms with Gasteiger partial charge in [-0.1, -0.05) is 37.8 Å². The number of nitrogens with zero attached hydrogens (tertiary/aromatic N) is 2. The lowest BCUT2D eigenvalue weighted by molar-refractivity contribution is -0.384. The second kappa shape index (κ2) is 7.09. The number of nitro groups is 1. The summed E-state index contributed by atoms with van der Waals surface area (Å²) in [6, 6.07) is 3.10. The van der Waals surface area contributed by atoms with Crippen LogP contribution in [-0.2, 0) is 6.54 Å². The Morgan fingerprint density at radius 2 is 2.05 bits per heavy atom. The zero-order valence-electron chi connectivity index (χ0n) is 12.2. The van der Waals surface area contributed by atoms with Gasteiger partial charge >= 0.3 is 0 Å². The van der Waals surface area contributed by atoms with Crippen LogP contribution in [0.5, 0.6) is 5.75 Å². The van der Waals surface area contributed by atoms with Crippen LogP contribution in [0.4, 0.5) is 5.69 Å². The highest BCUT2D eigenvalue weighted by Crippen LogP contribution is 2.34. The van der Waals surface area contributed by atoms with E-state index >= 15 is 0 Å². The Hall–Kier alpha value is -1.33. The number of aromatic hydroxyl groups is 1. The average Bonchev–Trinajstić information content (AvgIpc) is 2.49. The van der Waals surface area contributed by atoms with Crippen molar-refractivity contribution >= 4 is 17.3 Å². The van der Waals surface area contributed by atoms with Crippen LogP contribution in [0.3, 0.4) is 0 Å². The number of phenols is 1. The summed E-state index contributed by atoms with van der Waals surface area (Å²) in [5.74, 6) is -0.0449. The highest BCUT2D eigenvalue weighted by atomic mass is 35.5. The minimum Gasteiger partial charge on any atom is -0.506 e. The van der Waals surface area contributed by atoms with E-state index in [1.165, 1.54) is 31.4 Å². The molecule has 1 N–H and O–H groups in total. The van der Waals surface area contributed by atoms with Crippen LogP contribution in [0.2, 0.25) is 5.02 Å². The van der Waals surface area contributed by atoms with Gasteiger partial charge in [-0.3, -0.25) is 15.0 Å². The molecule has 1 aromatic rings. The lowest BCUT2D eigenvalue weighted by atomic mass is 9.94. The number of non-ortho nitro benzene ring substituents is 1. The van der Waals surface area contributed by atoms with Crippen molar-refractivity contribution in [2.75, 3.05) is 6.54 Å². The van der Waals surface area contributed by atoms with Crippen LogP contribution in [0.15, 0.2) is 12.1 Å². The predicted octanol–water partition coefficient (Wildman–Crippen LogP) is 4.11. The molecule has 5 nitrogen and oxygen atoms in total. The molecule has 1 aliphatic rings. The van der Waals surface area contributed by atoms with Gasteiger partial charge in [-0.2, -0.15) is 0 Å². The number of rotatable bonds is 5. The fourth-order valence-electron chi connectivity index (χ4n) is 3.03. The van der Waals surface area contributed by atoms with Crippen LogP contribution in [0, 0.1) is 10.1 Å². The fraction of sp³-hybridized carbons (Fsp3) is 0.600. The number of hydrogen-bond acceptors (Lipinski definition) is 4. The van der Waals surface area contributed by atoms with Crippen LogP contribution in [-0.4, -0.2) is 27.5 Å². The maximum absolute atomic E-state index is 10.9. The van der Waals surface area contributed by atoms with Crippen molar-refractivity contribution in [3.05, 3.63) is 32.8 Å². The largest absolute Gasteiger partial charge is 0.506 e. The zero-order valence-corrected chi connectivity index (χ0v) is 13.0. The topological polar surface area (TPSA) is 66.6 Å². The molecule has 0 heterocycles. The third-order valence-electron chi connectivity index (χ3n) is 4.21. The lowest BCUT2D eigenvalue weighted by Crippen LogP contribution is -2.36. The predicted molar refractivity (Wildman–Crippen MR) is 82.7 cm³/mol. The van der Waals surface area contributed by atoms with Crippen LogP contribution in [0.25, 0.3) is 0 Å². The van der Waals surface area contributed by atoms with Crippen molar-refractivity contribution in [3.63, 3.8) is 0 Å². The average molecular weight is 313 g/mol. The molecule has 1 aromatic carbocycles. The van der Waals surface area contributed by atoms with Gasteiger partial charge in [0.2, 0.25) is 0 Å². The quantitative estimate of drug-likeness (QED) is 0.656.